The van der Waals surface area contributed by atoms with Gasteiger partial charge in [0, 0.05) is 5.56 Å². The van der Waals surface area contributed by atoms with Crippen molar-refractivity contribution in [1.29, 1.82) is 0 Å². The minimum absolute atomic E-state index is 0.121. The Hall–Kier alpha value is 0.290. The highest BCUT2D eigenvalue weighted by atomic mass is 32.3. The molecule has 1 aliphatic heterocycles. The first kappa shape index (κ1) is 22.6. The molecule has 0 amide bonds. The maximum atomic E-state index is 12.7. The number of hydrogen-bond acceptors (Lipinski definition) is 5. The Bertz CT molecular complexity index is 508. The fourth-order valence-corrected chi connectivity index (χ4v) is 10.0. The maximum absolute atomic E-state index is 12.7. The lowest BCUT2D eigenvalue weighted by molar-refractivity contribution is 0.0986. The number of rotatable bonds is 12. The predicted octanol–water partition coefficient (Wildman–Crippen LogP) is 7.22. The summed E-state index contributed by atoms with van der Waals surface area (Å²) in [5.74, 6) is 5.25. The maximum Gasteiger partial charge on any atom is 0.175 e. The molecule has 1 heterocycles. The fraction of sp³-hybridized carbons (Fsp3) is 0.667. The van der Waals surface area contributed by atoms with Gasteiger partial charge in [0.2, 0.25) is 0 Å². The molecule has 1 nitrogen and oxygen atoms in total. The number of benzene rings is 1. The molecule has 1 atom stereocenters. The first-order valence-electron chi connectivity index (χ1n) is 9.83. The number of carbonyl (C=O) groups is 1. The quantitative estimate of drug-likeness (QED) is 0.257. The molecule has 1 fully saturated rings. The minimum Gasteiger partial charge on any atom is -0.293 e. The molecule has 0 N–H and O–H groups in total. The van der Waals surface area contributed by atoms with Crippen LogP contribution in [-0.4, -0.2) is 37.5 Å². The molecule has 1 unspecified atom stereocenters. The van der Waals surface area contributed by atoms with Crippen LogP contribution in [0.25, 0.3) is 0 Å². The van der Waals surface area contributed by atoms with E-state index < -0.39 is 0 Å². The lowest BCUT2D eigenvalue weighted by atomic mass is 10.1. The lowest BCUT2D eigenvalue weighted by Gasteiger charge is -2.35. The van der Waals surface area contributed by atoms with Gasteiger partial charge in [-0.05, 0) is 48.7 Å². The van der Waals surface area contributed by atoms with Crippen molar-refractivity contribution < 1.29 is 4.79 Å². The molecular formula is C21H32OS4. The summed E-state index contributed by atoms with van der Waals surface area (Å²) in [5.41, 5.74) is 0.865. The van der Waals surface area contributed by atoms with E-state index in [9.17, 15) is 4.79 Å². The Morgan fingerprint density at radius 1 is 1.12 bits per heavy atom. The van der Waals surface area contributed by atoms with Crippen LogP contribution in [0.2, 0.25) is 0 Å². The molecule has 2 rings (SSSR count). The van der Waals surface area contributed by atoms with Gasteiger partial charge in [0.15, 0.2) is 5.78 Å². The smallest absolute Gasteiger partial charge is 0.175 e. The summed E-state index contributed by atoms with van der Waals surface area (Å²) in [4.78, 5) is 12.7. The van der Waals surface area contributed by atoms with Crippen LogP contribution in [0, 0.1) is 0 Å². The third-order valence-electron chi connectivity index (χ3n) is 4.32. The van der Waals surface area contributed by atoms with E-state index in [4.69, 9.17) is 0 Å². The van der Waals surface area contributed by atoms with Gasteiger partial charge >= 0.3 is 0 Å². The second kappa shape index (κ2) is 12.7. The average molecular weight is 429 g/mol. The van der Waals surface area contributed by atoms with Crippen LogP contribution in [0.3, 0.4) is 0 Å². The molecule has 1 aromatic carbocycles. The monoisotopic (exact) mass is 428 g/mol. The summed E-state index contributed by atoms with van der Waals surface area (Å²) in [6.45, 7) is 4.48. The predicted molar refractivity (Wildman–Crippen MR) is 126 cm³/mol. The highest BCUT2D eigenvalue weighted by Gasteiger charge is 2.33. The molecule has 0 bridgehead atoms. The van der Waals surface area contributed by atoms with Crippen molar-refractivity contribution in [2.45, 2.75) is 61.0 Å². The van der Waals surface area contributed by atoms with Crippen LogP contribution in [0.4, 0.5) is 0 Å². The minimum atomic E-state index is 0.121. The first-order chi connectivity index (χ1) is 12.7. The van der Waals surface area contributed by atoms with Gasteiger partial charge in [-0.15, -0.1) is 35.3 Å². The highest BCUT2D eigenvalue weighted by Crippen LogP contribution is 2.53. The molecule has 0 saturated carbocycles. The van der Waals surface area contributed by atoms with Crippen molar-refractivity contribution in [2.75, 3.05) is 23.0 Å². The van der Waals surface area contributed by atoms with E-state index in [0.717, 1.165) is 24.2 Å². The number of carbonyl (C=O) groups excluding carboxylic acids is 1. The molecular weight excluding hydrogens is 396 g/mol. The highest BCUT2D eigenvalue weighted by molar-refractivity contribution is 8.34. The molecule has 0 spiro atoms. The summed E-state index contributed by atoms with van der Waals surface area (Å²) >= 11 is 8.39. The van der Waals surface area contributed by atoms with Crippen LogP contribution in [0.1, 0.15) is 62.7 Å². The average Bonchev–Trinajstić information content (AvgIpc) is 2.68. The zero-order valence-corrected chi connectivity index (χ0v) is 19.3. The van der Waals surface area contributed by atoms with Crippen LogP contribution in [-0.2, 0) is 0 Å². The SMILES string of the molecule is CCCC(SCCCSC1(CCC)SCCCS1)C(=O)c1ccccc1. The topological polar surface area (TPSA) is 17.1 Å². The summed E-state index contributed by atoms with van der Waals surface area (Å²) in [5, 5.41) is 0.121. The summed E-state index contributed by atoms with van der Waals surface area (Å²) in [6, 6.07) is 9.80. The van der Waals surface area contributed by atoms with Gasteiger partial charge in [-0.1, -0.05) is 57.0 Å². The van der Waals surface area contributed by atoms with Crippen molar-refractivity contribution in [1.82, 2.24) is 0 Å². The Morgan fingerprint density at radius 3 is 2.50 bits per heavy atom. The van der Waals surface area contributed by atoms with Crippen molar-refractivity contribution in [3.63, 3.8) is 0 Å². The third kappa shape index (κ3) is 7.37. The van der Waals surface area contributed by atoms with E-state index in [2.05, 4.69) is 49.1 Å². The van der Waals surface area contributed by atoms with Crippen molar-refractivity contribution >= 4 is 52.8 Å². The van der Waals surface area contributed by atoms with Gasteiger partial charge in [0.05, 0.1) is 5.25 Å². The summed E-state index contributed by atoms with van der Waals surface area (Å²) < 4.78 is 0.403. The molecule has 0 aromatic heterocycles. The Kier molecular flexibility index (Phi) is 11.0. The van der Waals surface area contributed by atoms with E-state index in [-0.39, 0.29) is 5.25 Å². The van der Waals surface area contributed by atoms with Crippen LogP contribution < -0.4 is 0 Å². The molecule has 1 saturated heterocycles. The van der Waals surface area contributed by atoms with Crippen LogP contribution in [0.5, 0.6) is 0 Å². The molecule has 26 heavy (non-hydrogen) atoms. The first-order valence-corrected chi connectivity index (χ1v) is 13.8. The number of thioether (sulfide) groups is 4. The van der Waals surface area contributed by atoms with Crippen molar-refractivity contribution in [3.05, 3.63) is 35.9 Å². The molecule has 5 heteroatoms. The van der Waals surface area contributed by atoms with E-state index in [0.29, 0.717) is 9.19 Å². The Morgan fingerprint density at radius 2 is 1.85 bits per heavy atom. The summed E-state index contributed by atoms with van der Waals surface area (Å²) in [7, 11) is 0. The van der Waals surface area contributed by atoms with Gasteiger partial charge in [0.25, 0.3) is 0 Å². The van der Waals surface area contributed by atoms with Gasteiger partial charge in [-0.3, -0.25) is 4.79 Å². The molecule has 1 aromatic rings. The van der Waals surface area contributed by atoms with E-state index in [1.54, 1.807) is 0 Å². The summed E-state index contributed by atoms with van der Waals surface area (Å²) in [6.07, 6.45) is 7.19. The van der Waals surface area contributed by atoms with Crippen molar-refractivity contribution in [3.8, 4) is 0 Å². The largest absolute Gasteiger partial charge is 0.293 e. The Labute approximate surface area is 177 Å². The van der Waals surface area contributed by atoms with Gasteiger partial charge in [-0.25, -0.2) is 0 Å². The van der Waals surface area contributed by atoms with Crippen molar-refractivity contribution in [2.24, 2.45) is 0 Å². The lowest BCUT2D eigenvalue weighted by Crippen LogP contribution is -2.21. The number of Topliss-reactive ketones (excluding diaryl/α,β-unsaturated/α-hetero) is 1. The fourth-order valence-electron chi connectivity index (χ4n) is 3.01. The standard InChI is InChI=1S/C21H32OS4/c1-3-10-19(20(22)18-11-6-5-7-12-18)23-14-8-15-24-21(13-4-2)25-16-9-17-26-21/h5-7,11-12,19H,3-4,8-10,13-17H2,1-2H3. The zero-order chi connectivity index (χ0) is 18.7. The molecule has 146 valence electrons. The number of ketones is 1. The molecule has 1 aliphatic rings. The van der Waals surface area contributed by atoms with Gasteiger partial charge in [0.1, 0.15) is 3.41 Å². The van der Waals surface area contributed by atoms with E-state index >= 15 is 0 Å². The number of hydrogen-bond donors (Lipinski definition) is 0. The van der Waals surface area contributed by atoms with Crippen LogP contribution >= 0.6 is 47.0 Å². The second-order valence-electron chi connectivity index (χ2n) is 6.56. The van der Waals surface area contributed by atoms with E-state index in [1.807, 2.05) is 42.1 Å². The second-order valence-corrected chi connectivity index (χ2v) is 12.8. The Balaban J connectivity index is 1.76. The van der Waals surface area contributed by atoms with Gasteiger partial charge in [-0.2, -0.15) is 11.8 Å². The normalized spacial score (nSPS) is 17.8. The van der Waals surface area contributed by atoms with Gasteiger partial charge < -0.3 is 0 Å². The van der Waals surface area contributed by atoms with Crippen LogP contribution in [0.15, 0.2) is 30.3 Å². The third-order valence-corrected chi connectivity index (χ3v) is 11.2. The molecule has 0 radical (unpaired) electrons. The zero-order valence-electron chi connectivity index (χ0n) is 16.1. The molecule has 0 aliphatic carbocycles. The van der Waals surface area contributed by atoms with E-state index in [1.165, 1.54) is 42.9 Å².